The smallest absolute Gasteiger partial charge is 0.338 e. The number of aromatic nitrogens is 3. The van der Waals surface area contributed by atoms with Gasteiger partial charge < -0.3 is 4.74 Å². The van der Waals surface area contributed by atoms with Crippen LogP contribution in [0.5, 0.6) is 0 Å². The van der Waals surface area contributed by atoms with Crippen molar-refractivity contribution in [2.75, 3.05) is 7.11 Å². The van der Waals surface area contributed by atoms with Gasteiger partial charge in [0.25, 0.3) is 0 Å². The second kappa shape index (κ2) is 11.8. The van der Waals surface area contributed by atoms with Gasteiger partial charge in [-0.1, -0.05) is 107 Å². The summed E-state index contributed by atoms with van der Waals surface area (Å²) in [4.78, 5) is 18.9. The minimum atomic E-state index is -0.401. The second-order valence-corrected chi connectivity index (χ2v) is 18.7. The monoisotopic (exact) mass is 691 g/mol. The molecule has 5 heteroatoms. The first kappa shape index (κ1) is 35.5. The Morgan fingerprint density at radius 3 is 0.962 bits per heavy atom. The summed E-state index contributed by atoms with van der Waals surface area (Å²) in [6, 6.07) is 30.8. The molecule has 3 aromatic heterocycles. The number of benzene rings is 4. The molecule has 0 bridgehead atoms. The van der Waals surface area contributed by atoms with Gasteiger partial charge in [0.05, 0.1) is 34.7 Å². The van der Waals surface area contributed by atoms with Crippen LogP contribution >= 0.6 is 0 Å². The van der Waals surface area contributed by atoms with Gasteiger partial charge in [0.2, 0.25) is 0 Å². The average molecular weight is 692 g/mol. The number of methoxy groups -OCH3 is 1. The average Bonchev–Trinajstić information content (AvgIpc) is 3.57. The molecule has 0 unspecified atom stereocenters. The molecule has 0 fully saturated rings. The van der Waals surface area contributed by atoms with E-state index in [0.29, 0.717) is 17.2 Å². The van der Waals surface area contributed by atoms with Crippen molar-refractivity contribution in [2.24, 2.45) is 0 Å². The Morgan fingerprint density at radius 2 is 0.731 bits per heavy atom. The summed E-state index contributed by atoms with van der Waals surface area (Å²) in [7, 11) is 1.44. The van der Waals surface area contributed by atoms with Crippen LogP contribution in [0.15, 0.2) is 84.9 Å². The number of hydrogen-bond acceptors (Lipinski definition) is 3. The van der Waals surface area contributed by atoms with Crippen molar-refractivity contribution >= 4 is 49.6 Å². The maximum Gasteiger partial charge on any atom is 0.338 e. The fourth-order valence-corrected chi connectivity index (χ4v) is 7.37. The number of pyridine rings is 1. The maximum absolute atomic E-state index is 13.5. The van der Waals surface area contributed by atoms with E-state index in [0.717, 1.165) is 22.1 Å². The molecular formula is C47H53N3O2. The summed E-state index contributed by atoms with van der Waals surface area (Å²) < 4.78 is 9.78. The number of nitrogens with zero attached hydrogens (tertiary/aromatic N) is 3. The number of esters is 1. The molecule has 268 valence electrons. The van der Waals surface area contributed by atoms with Crippen molar-refractivity contribution in [1.82, 2.24) is 14.1 Å². The standard InChI is InChI=1S/C47H53N3O2/c1-44(2,3)29-14-18-37-33(24-29)34-25-30(45(4,5)6)15-19-38(34)49(37)41-22-28(43(51)52-13)23-42(48-41)50-39-20-16-31(46(7,8)9)26-35(39)36-27-32(47(10,11)12)17-21-40(36)50/h14-27H,1-13H3. The van der Waals surface area contributed by atoms with Crippen LogP contribution in [-0.2, 0) is 26.4 Å². The van der Waals surface area contributed by atoms with Crippen molar-refractivity contribution in [2.45, 2.75) is 105 Å². The Morgan fingerprint density at radius 1 is 0.462 bits per heavy atom. The Hall–Kier alpha value is -4.90. The highest BCUT2D eigenvalue weighted by Gasteiger charge is 2.25. The summed E-state index contributed by atoms with van der Waals surface area (Å²) in [5.74, 6) is 0.927. The third-order valence-corrected chi connectivity index (χ3v) is 10.7. The number of ether oxygens (including phenoxy) is 1. The number of carbonyl (C=O) groups is 1. The third-order valence-electron chi connectivity index (χ3n) is 10.7. The predicted octanol–water partition coefficient (Wildman–Crippen LogP) is 12.3. The van der Waals surface area contributed by atoms with E-state index < -0.39 is 5.97 Å². The van der Waals surface area contributed by atoms with E-state index in [1.807, 2.05) is 12.1 Å². The highest BCUT2D eigenvalue weighted by atomic mass is 16.5. The molecule has 3 heterocycles. The van der Waals surface area contributed by atoms with Crippen LogP contribution in [0.4, 0.5) is 0 Å². The predicted molar refractivity (Wildman–Crippen MR) is 219 cm³/mol. The zero-order valence-electron chi connectivity index (χ0n) is 33.2. The SMILES string of the molecule is COC(=O)c1cc(-n2c3ccc(C(C)(C)C)cc3c3cc(C(C)(C)C)ccc32)nc(-n2c3ccc(C(C)(C)C)cc3c3cc(C(C)(C)C)ccc32)c1. The lowest BCUT2D eigenvalue weighted by Gasteiger charge is -2.19. The quantitative estimate of drug-likeness (QED) is 0.173. The van der Waals surface area contributed by atoms with Crippen LogP contribution in [0.2, 0.25) is 0 Å². The minimum Gasteiger partial charge on any atom is -0.465 e. The van der Waals surface area contributed by atoms with Gasteiger partial charge in [-0.05, 0) is 105 Å². The highest BCUT2D eigenvalue weighted by Crippen LogP contribution is 2.40. The first-order chi connectivity index (χ1) is 24.2. The minimum absolute atomic E-state index is 0.0171. The van der Waals surface area contributed by atoms with E-state index in [1.165, 1.54) is 50.9 Å². The van der Waals surface area contributed by atoms with Gasteiger partial charge in [-0.25, -0.2) is 9.78 Å². The lowest BCUT2D eigenvalue weighted by Crippen LogP contribution is -2.11. The summed E-state index contributed by atoms with van der Waals surface area (Å²) in [6.07, 6.45) is 0. The molecule has 0 N–H and O–H groups in total. The molecule has 0 saturated carbocycles. The molecule has 7 aromatic rings. The van der Waals surface area contributed by atoms with Crippen molar-refractivity contribution < 1.29 is 9.53 Å². The molecule has 0 saturated heterocycles. The van der Waals surface area contributed by atoms with E-state index >= 15 is 0 Å². The zero-order valence-corrected chi connectivity index (χ0v) is 33.2. The topological polar surface area (TPSA) is 49.1 Å². The van der Waals surface area contributed by atoms with Gasteiger partial charge in [-0.15, -0.1) is 0 Å². The van der Waals surface area contributed by atoms with E-state index in [4.69, 9.17) is 9.72 Å². The largest absolute Gasteiger partial charge is 0.465 e. The normalized spacial score (nSPS) is 13.2. The summed E-state index contributed by atoms with van der Waals surface area (Å²) in [5, 5.41) is 4.67. The molecule has 0 aliphatic rings. The molecule has 7 rings (SSSR count). The van der Waals surface area contributed by atoms with Gasteiger partial charge in [0.1, 0.15) is 11.6 Å². The second-order valence-electron chi connectivity index (χ2n) is 18.7. The lowest BCUT2D eigenvalue weighted by atomic mass is 9.85. The number of hydrogen-bond donors (Lipinski definition) is 0. The molecule has 0 radical (unpaired) electrons. The number of rotatable bonds is 3. The third kappa shape index (κ3) is 5.98. The zero-order chi connectivity index (χ0) is 37.7. The number of carbonyl (C=O) groups excluding carboxylic acids is 1. The van der Waals surface area contributed by atoms with E-state index in [1.54, 1.807) is 0 Å². The van der Waals surface area contributed by atoms with Crippen molar-refractivity contribution in [1.29, 1.82) is 0 Å². The van der Waals surface area contributed by atoms with Crippen molar-refractivity contribution in [3.8, 4) is 11.6 Å². The molecular weight excluding hydrogens is 639 g/mol. The van der Waals surface area contributed by atoms with Crippen LogP contribution in [0.25, 0.3) is 55.2 Å². The maximum atomic E-state index is 13.5. The molecule has 0 spiro atoms. The van der Waals surface area contributed by atoms with Crippen LogP contribution in [0, 0.1) is 0 Å². The number of fused-ring (bicyclic) bond motifs is 6. The van der Waals surface area contributed by atoms with Gasteiger partial charge in [-0.2, -0.15) is 0 Å². The van der Waals surface area contributed by atoms with E-state index in [9.17, 15) is 4.79 Å². The molecule has 0 atom stereocenters. The van der Waals surface area contributed by atoms with Crippen LogP contribution < -0.4 is 0 Å². The lowest BCUT2D eigenvalue weighted by molar-refractivity contribution is 0.0600. The van der Waals surface area contributed by atoms with Crippen molar-refractivity contribution in [3.63, 3.8) is 0 Å². The highest BCUT2D eigenvalue weighted by molar-refractivity contribution is 6.11. The summed E-state index contributed by atoms with van der Waals surface area (Å²) in [6.45, 7) is 27.0. The summed E-state index contributed by atoms with van der Waals surface area (Å²) >= 11 is 0. The fraction of sp³-hybridized carbons (Fsp3) is 0.362. The molecule has 4 aromatic carbocycles. The van der Waals surface area contributed by atoms with Gasteiger partial charge in [0.15, 0.2) is 0 Å². The molecule has 0 amide bonds. The first-order valence-corrected chi connectivity index (χ1v) is 18.5. The van der Waals surface area contributed by atoms with Gasteiger partial charge >= 0.3 is 5.97 Å². The van der Waals surface area contributed by atoms with Crippen LogP contribution in [-0.4, -0.2) is 27.2 Å². The van der Waals surface area contributed by atoms with Crippen LogP contribution in [0.1, 0.15) is 116 Å². The molecule has 52 heavy (non-hydrogen) atoms. The fourth-order valence-electron chi connectivity index (χ4n) is 7.37. The van der Waals surface area contributed by atoms with Gasteiger partial charge in [-0.3, -0.25) is 9.13 Å². The van der Waals surface area contributed by atoms with Crippen molar-refractivity contribution in [3.05, 3.63) is 113 Å². The van der Waals surface area contributed by atoms with Gasteiger partial charge in [0, 0.05) is 21.5 Å². The molecule has 5 nitrogen and oxygen atoms in total. The van der Waals surface area contributed by atoms with E-state index in [-0.39, 0.29) is 21.7 Å². The Kier molecular flexibility index (Phi) is 8.06. The Bertz CT molecular complexity index is 2240. The Balaban J connectivity index is 1.59. The van der Waals surface area contributed by atoms with E-state index in [2.05, 4.69) is 165 Å². The first-order valence-electron chi connectivity index (χ1n) is 18.5. The Labute approximate surface area is 308 Å². The molecule has 0 aliphatic carbocycles. The molecule has 0 aliphatic heterocycles. The van der Waals surface area contributed by atoms with Crippen LogP contribution in [0.3, 0.4) is 0 Å². The summed E-state index contributed by atoms with van der Waals surface area (Å²) in [5.41, 5.74) is 9.63.